The molecule has 0 saturated carbocycles. The van der Waals surface area contributed by atoms with E-state index in [0.29, 0.717) is 5.56 Å². The van der Waals surface area contributed by atoms with E-state index in [9.17, 15) is 14.2 Å². The van der Waals surface area contributed by atoms with Gasteiger partial charge in [-0.3, -0.25) is 9.36 Å². The van der Waals surface area contributed by atoms with Crippen LogP contribution in [-0.4, -0.2) is 61.5 Å². The Morgan fingerprint density at radius 1 is 1.43 bits per heavy atom. The minimum atomic E-state index is -4.35. The molecule has 0 saturated heterocycles. The van der Waals surface area contributed by atoms with E-state index in [1.54, 1.807) is 6.92 Å². The standard InChI is InChI=1S/C10H17N2O7P.Na.H/c1-3-8(20(15,16)17)19-6-18-5-12-9(13)7(2)4-11-10(12)14;;/h4,8H,3,5-6H2,1-2H3,(H,11,14)(H2,15,16,17);;. The van der Waals surface area contributed by atoms with Crippen molar-refractivity contribution in [3.8, 4) is 0 Å². The van der Waals surface area contributed by atoms with Crippen molar-refractivity contribution >= 4 is 37.2 Å². The van der Waals surface area contributed by atoms with Gasteiger partial charge < -0.3 is 24.2 Å². The van der Waals surface area contributed by atoms with Gasteiger partial charge in [0.05, 0.1) is 0 Å². The molecule has 0 spiro atoms. The van der Waals surface area contributed by atoms with Gasteiger partial charge in [-0.25, -0.2) is 9.36 Å². The van der Waals surface area contributed by atoms with E-state index in [1.165, 1.54) is 13.1 Å². The molecule has 0 bridgehead atoms. The van der Waals surface area contributed by atoms with E-state index in [0.717, 1.165) is 4.57 Å². The molecule has 1 atom stereocenters. The molecular weight excluding hydrogens is 314 g/mol. The minimum absolute atomic E-state index is 0. The third kappa shape index (κ3) is 6.17. The number of aromatic nitrogens is 2. The van der Waals surface area contributed by atoms with Crippen molar-refractivity contribution in [2.45, 2.75) is 32.8 Å². The SMILES string of the molecule is CCC(OCOCn1c(=O)[nH]cc(C)c1=O)P(=O)(O)O.[NaH]. The van der Waals surface area contributed by atoms with Crippen molar-refractivity contribution in [2.75, 3.05) is 6.79 Å². The van der Waals surface area contributed by atoms with Gasteiger partial charge in [-0.2, -0.15) is 0 Å². The van der Waals surface area contributed by atoms with E-state index < -0.39 is 31.5 Å². The van der Waals surface area contributed by atoms with E-state index >= 15 is 0 Å². The zero-order valence-corrected chi connectivity index (χ0v) is 12.0. The Balaban J connectivity index is 0.00000400. The number of aryl methyl sites for hydroxylation is 1. The first-order chi connectivity index (χ1) is 9.27. The average Bonchev–Trinajstić information content (AvgIpc) is 2.36. The van der Waals surface area contributed by atoms with Crippen molar-refractivity contribution < 1.29 is 23.8 Å². The summed E-state index contributed by atoms with van der Waals surface area (Å²) in [7, 11) is -4.35. The predicted molar refractivity (Wildman–Crippen MR) is 76.4 cm³/mol. The molecule has 1 unspecified atom stereocenters. The Morgan fingerprint density at radius 2 is 2.05 bits per heavy atom. The van der Waals surface area contributed by atoms with Crippen LogP contribution in [0.5, 0.6) is 0 Å². The number of ether oxygens (including phenoxy) is 2. The molecule has 1 rings (SSSR count). The van der Waals surface area contributed by atoms with Gasteiger partial charge in [0, 0.05) is 11.8 Å². The number of hydrogen-bond acceptors (Lipinski definition) is 5. The van der Waals surface area contributed by atoms with Crippen LogP contribution in [0, 0.1) is 6.92 Å². The molecule has 3 N–H and O–H groups in total. The Kier molecular flexibility index (Phi) is 8.91. The van der Waals surface area contributed by atoms with Crippen LogP contribution < -0.4 is 11.2 Å². The molecule has 0 aliphatic carbocycles. The van der Waals surface area contributed by atoms with Gasteiger partial charge in [0.2, 0.25) is 0 Å². The molecule has 1 heterocycles. The molecule has 1 aromatic heterocycles. The normalized spacial score (nSPS) is 12.8. The Bertz CT molecular complexity index is 608. The fourth-order valence-corrected chi connectivity index (χ4v) is 2.17. The number of aromatic amines is 1. The van der Waals surface area contributed by atoms with Gasteiger partial charge in [0.25, 0.3) is 5.56 Å². The van der Waals surface area contributed by atoms with Crippen molar-refractivity contribution in [1.29, 1.82) is 0 Å². The summed E-state index contributed by atoms with van der Waals surface area (Å²) in [5.41, 5.74) is -0.797. The third-order valence-corrected chi connectivity index (χ3v) is 3.79. The maximum atomic E-state index is 11.6. The Hall–Kier alpha value is -0.250. The molecule has 11 heteroatoms. The fraction of sp³-hybridized carbons (Fsp3) is 0.600. The molecule has 0 aromatic carbocycles. The zero-order valence-electron chi connectivity index (χ0n) is 11.1. The molecule has 0 aliphatic heterocycles. The summed E-state index contributed by atoms with van der Waals surface area (Å²) in [6.45, 7) is 2.28. The second kappa shape index (κ2) is 9.02. The third-order valence-electron chi connectivity index (χ3n) is 2.53. The first kappa shape index (κ1) is 20.8. The zero-order chi connectivity index (χ0) is 15.3. The van der Waals surface area contributed by atoms with Crippen molar-refractivity contribution in [1.82, 2.24) is 9.55 Å². The van der Waals surface area contributed by atoms with Crippen LogP contribution >= 0.6 is 7.60 Å². The summed E-state index contributed by atoms with van der Waals surface area (Å²) in [5, 5.41) is 0. The molecule has 0 fully saturated rings. The molecule has 0 aliphatic rings. The maximum absolute atomic E-state index is 11.6. The molecular formula is C10H18N2NaO7P. The van der Waals surface area contributed by atoms with Crippen LogP contribution in [0.15, 0.2) is 15.8 Å². The first-order valence-electron chi connectivity index (χ1n) is 5.81. The van der Waals surface area contributed by atoms with Crippen LogP contribution in [0.25, 0.3) is 0 Å². The van der Waals surface area contributed by atoms with Crippen molar-refractivity contribution in [3.63, 3.8) is 0 Å². The van der Waals surface area contributed by atoms with Gasteiger partial charge >= 0.3 is 42.8 Å². The number of rotatable bonds is 7. The second-order valence-corrected chi connectivity index (χ2v) is 5.83. The van der Waals surface area contributed by atoms with Gasteiger partial charge in [0.1, 0.15) is 13.5 Å². The molecule has 21 heavy (non-hydrogen) atoms. The van der Waals surface area contributed by atoms with Crippen molar-refractivity contribution in [2.24, 2.45) is 0 Å². The number of H-pyrrole nitrogens is 1. The fourth-order valence-electron chi connectivity index (χ4n) is 1.44. The monoisotopic (exact) mass is 332 g/mol. The number of hydrogen-bond donors (Lipinski definition) is 3. The number of nitrogens with zero attached hydrogens (tertiary/aromatic N) is 1. The summed E-state index contributed by atoms with van der Waals surface area (Å²) in [5.74, 6) is -1.27. The first-order valence-corrected chi connectivity index (χ1v) is 7.49. The molecule has 0 radical (unpaired) electrons. The number of nitrogens with one attached hydrogen (secondary N) is 1. The van der Waals surface area contributed by atoms with E-state index in [2.05, 4.69) is 4.98 Å². The van der Waals surface area contributed by atoms with Crippen molar-refractivity contribution in [3.05, 3.63) is 32.6 Å². The summed E-state index contributed by atoms with van der Waals surface area (Å²) >= 11 is 0. The summed E-state index contributed by atoms with van der Waals surface area (Å²) in [4.78, 5) is 43.3. The summed E-state index contributed by atoms with van der Waals surface area (Å²) in [6.07, 6.45) is 1.40. The predicted octanol–water partition coefficient (Wildman–Crippen LogP) is -0.941. The van der Waals surface area contributed by atoms with Crippen LogP contribution in [0.3, 0.4) is 0 Å². The quantitative estimate of drug-likeness (QED) is 0.254. The van der Waals surface area contributed by atoms with E-state index in [1.807, 2.05) is 0 Å². The average molecular weight is 332 g/mol. The van der Waals surface area contributed by atoms with Crippen LogP contribution in [0.4, 0.5) is 0 Å². The molecule has 1 aromatic rings. The van der Waals surface area contributed by atoms with E-state index in [-0.39, 0.29) is 42.7 Å². The molecule has 9 nitrogen and oxygen atoms in total. The van der Waals surface area contributed by atoms with Gasteiger partial charge in [-0.05, 0) is 13.3 Å². The molecule has 0 amide bonds. The Labute approximate surface area is 142 Å². The summed E-state index contributed by atoms with van der Waals surface area (Å²) in [6, 6.07) is 0. The van der Waals surface area contributed by atoms with Crippen LogP contribution in [0.1, 0.15) is 18.9 Å². The Morgan fingerprint density at radius 3 is 2.57 bits per heavy atom. The van der Waals surface area contributed by atoms with E-state index in [4.69, 9.17) is 19.3 Å². The van der Waals surface area contributed by atoms with Gasteiger partial charge in [0.15, 0.2) is 5.85 Å². The van der Waals surface area contributed by atoms with Gasteiger partial charge in [-0.1, -0.05) is 6.92 Å². The molecule has 116 valence electrons. The second-order valence-electron chi connectivity index (χ2n) is 4.08. The summed E-state index contributed by atoms with van der Waals surface area (Å²) < 4.78 is 21.6. The van der Waals surface area contributed by atoms with Gasteiger partial charge in [-0.15, -0.1) is 0 Å². The van der Waals surface area contributed by atoms with Crippen LogP contribution in [0.2, 0.25) is 0 Å². The van der Waals surface area contributed by atoms with Crippen LogP contribution in [-0.2, 0) is 20.8 Å². The topological polar surface area (TPSA) is 131 Å².